The molecule has 0 aliphatic carbocycles. The highest BCUT2D eigenvalue weighted by Gasteiger charge is 2.11. The smallest absolute Gasteiger partial charge is 0.137 e. The Morgan fingerprint density at radius 3 is 3.00 bits per heavy atom. The van der Waals surface area contributed by atoms with E-state index in [2.05, 4.69) is 29.2 Å². The van der Waals surface area contributed by atoms with Gasteiger partial charge in [-0.1, -0.05) is 0 Å². The average molecular weight is 220 g/mol. The highest BCUT2D eigenvalue weighted by Crippen LogP contribution is 2.13. The van der Waals surface area contributed by atoms with Crippen LogP contribution in [0.25, 0.3) is 0 Å². The van der Waals surface area contributed by atoms with Crippen molar-refractivity contribution in [3.05, 3.63) is 36.8 Å². The summed E-state index contributed by atoms with van der Waals surface area (Å²) < 4.78 is 7.15. The molecule has 2 atom stereocenters. The fourth-order valence-corrected chi connectivity index (χ4v) is 1.71. The molecule has 0 saturated carbocycles. The largest absolute Gasteiger partial charge is 0.468 e. The molecule has 2 aromatic rings. The van der Waals surface area contributed by atoms with E-state index in [4.69, 9.17) is 4.42 Å². The first-order chi connectivity index (χ1) is 7.75. The summed E-state index contributed by atoms with van der Waals surface area (Å²) in [5.74, 6) is 0.949. The van der Waals surface area contributed by atoms with Gasteiger partial charge in [0.05, 0.1) is 18.8 Å². The molecule has 2 unspecified atom stereocenters. The SMILES string of the molecule is CC(Cn1cncn1)NC(C)c1ccco1. The third kappa shape index (κ3) is 2.70. The lowest BCUT2D eigenvalue weighted by Crippen LogP contribution is -2.32. The maximum absolute atomic E-state index is 5.33. The topological polar surface area (TPSA) is 55.9 Å². The Hall–Kier alpha value is -1.62. The molecule has 2 aromatic heterocycles. The van der Waals surface area contributed by atoms with Crippen LogP contribution in [0.2, 0.25) is 0 Å². The number of nitrogens with one attached hydrogen (secondary N) is 1. The highest BCUT2D eigenvalue weighted by molar-refractivity contribution is 5.03. The van der Waals surface area contributed by atoms with Gasteiger partial charge in [-0.05, 0) is 26.0 Å². The Morgan fingerprint density at radius 2 is 2.38 bits per heavy atom. The van der Waals surface area contributed by atoms with Crippen LogP contribution in [0.4, 0.5) is 0 Å². The van der Waals surface area contributed by atoms with Crippen LogP contribution >= 0.6 is 0 Å². The van der Waals surface area contributed by atoms with Crippen LogP contribution in [-0.4, -0.2) is 20.8 Å². The maximum Gasteiger partial charge on any atom is 0.137 e. The predicted octanol–water partition coefficient (Wildman–Crippen LogP) is 1.61. The van der Waals surface area contributed by atoms with Crippen molar-refractivity contribution < 1.29 is 4.42 Å². The lowest BCUT2D eigenvalue weighted by Gasteiger charge is -2.18. The second-order valence-electron chi connectivity index (χ2n) is 3.92. The van der Waals surface area contributed by atoms with E-state index in [-0.39, 0.29) is 6.04 Å². The monoisotopic (exact) mass is 220 g/mol. The van der Waals surface area contributed by atoms with Gasteiger partial charge in [0.25, 0.3) is 0 Å². The van der Waals surface area contributed by atoms with E-state index in [0.717, 1.165) is 12.3 Å². The van der Waals surface area contributed by atoms with Gasteiger partial charge in [-0.25, -0.2) is 4.98 Å². The van der Waals surface area contributed by atoms with E-state index in [9.17, 15) is 0 Å². The zero-order chi connectivity index (χ0) is 11.4. The van der Waals surface area contributed by atoms with Crippen LogP contribution in [0.1, 0.15) is 25.6 Å². The molecule has 0 fully saturated rings. The summed E-state index contributed by atoms with van der Waals surface area (Å²) in [5, 5.41) is 7.51. The Bertz CT molecular complexity index is 396. The Balaban J connectivity index is 1.85. The summed E-state index contributed by atoms with van der Waals surface area (Å²) in [6, 6.07) is 4.38. The van der Waals surface area contributed by atoms with Crippen molar-refractivity contribution in [2.45, 2.75) is 32.5 Å². The molecule has 2 rings (SSSR count). The third-order valence-corrected chi connectivity index (χ3v) is 2.43. The first-order valence-electron chi connectivity index (χ1n) is 5.37. The summed E-state index contributed by atoms with van der Waals surface area (Å²) in [4.78, 5) is 3.91. The first-order valence-corrected chi connectivity index (χ1v) is 5.37. The van der Waals surface area contributed by atoms with E-state index in [0.29, 0.717) is 6.04 Å². The minimum Gasteiger partial charge on any atom is -0.468 e. The number of nitrogens with zero attached hydrogens (tertiary/aromatic N) is 3. The predicted molar refractivity (Wildman–Crippen MR) is 59.7 cm³/mol. The zero-order valence-corrected chi connectivity index (χ0v) is 9.50. The Morgan fingerprint density at radius 1 is 1.50 bits per heavy atom. The van der Waals surface area contributed by atoms with Crippen LogP contribution < -0.4 is 5.32 Å². The second kappa shape index (κ2) is 4.94. The molecule has 0 aromatic carbocycles. The van der Waals surface area contributed by atoms with E-state index >= 15 is 0 Å². The molecule has 16 heavy (non-hydrogen) atoms. The second-order valence-corrected chi connectivity index (χ2v) is 3.92. The summed E-state index contributed by atoms with van der Waals surface area (Å²) >= 11 is 0. The molecule has 1 N–H and O–H groups in total. The lowest BCUT2D eigenvalue weighted by molar-refractivity contribution is 0.368. The van der Waals surface area contributed by atoms with Crippen molar-refractivity contribution >= 4 is 0 Å². The van der Waals surface area contributed by atoms with E-state index in [1.165, 1.54) is 0 Å². The van der Waals surface area contributed by atoms with Crippen molar-refractivity contribution in [1.29, 1.82) is 0 Å². The van der Waals surface area contributed by atoms with Crippen LogP contribution in [-0.2, 0) is 6.54 Å². The summed E-state index contributed by atoms with van der Waals surface area (Å²) in [5.41, 5.74) is 0. The fourth-order valence-electron chi connectivity index (χ4n) is 1.71. The van der Waals surface area contributed by atoms with Crippen molar-refractivity contribution in [2.24, 2.45) is 0 Å². The standard InChI is InChI=1S/C11H16N4O/c1-9(6-15-8-12-7-13-15)14-10(2)11-4-3-5-16-11/h3-5,7-10,14H,6H2,1-2H3. The van der Waals surface area contributed by atoms with Crippen LogP contribution in [0.15, 0.2) is 35.5 Å². The molecule has 86 valence electrons. The highest BCUT2D eigenvalue weighted by atomic mass is 16.3. The number of furan rings is 1. The molecule has 0 bridgehead atoms. The van der Waals surface area contributed by atoms with Crippen LogP contribution in [0.3, 0.4) is 0 Å². The van der Waals surface area contributed by atoms with Gasteiger partial charge in [0.1, 0.15) is 18.4 Å². The van der Waals surface area contributed by atoms with Crippen LogP contribution in [0, 0.1) is 0 Å². The van der Waals surface area contributed by atoms with E-state index in [1.807, 2.05) is 16.8 Å². The summed E-state index contributed by atoms with van der Waals surface area (Å²) in [7, 11) is 0. The average Bonchev–Trinajstić information content (AvgIpc) is 2.88. The molecule has 0 saturated heterocycles. The molecule has 0 aliphatic heterocycles. The van der Waals surface area contributed by atoms with Gasteiger partial charge in [0, 0.05) is 6.04 Å². The number of hydrogen-bond acceptors (Lipinski definition) is 4. The van der Waals surface area contributed by atoms with Gasteiger partial charge in [0.15, 0.2) is 0 Å². The number of rotatable bonds is 5. The van der Waals surface area contributed by atoms with Crippen molar-refractivity contribution in [3.63, 3.8) is 0 Å². The normalized spacial score (nSPS) is 14.9. The molecular formula is C11H16N4O. The molecule has 0 spiro atoms. The third-order valence-electron chi connectivity index (χ3n) is 2.43. The number of aromatic nitrogens is 3. The Kier molecular flexibility index (Phi) is 3.36. The molecule has 0 amide bonds. The molecule has 5 heteroatoms. The molecule has 0 radical (unpaired) electrons. The molecule has 2 heterocycles. The van der Waals surface area contributed by atoms with Crippen molar-refractivity contribution in [1.82, 2.24) is 20.1 Å². The van der Waals surface area contributed by atoms with Crippen molar-refractivity contribution in [2.75, 3.05) is 0 Å². The van der Waals surface area contributed by atoms with E-state index < -0.39 is 0 Å². The Labute approximate surface area is 94.5 Å². The van der Waals surface area contributed by atoms with Crippen molar-refractivity contribution in [3.8, 4) is 0 Å². The summed E-state index contributed by atoms with van der Waals surface area (Å²) in [6.45, 7) is 4.99. The van der Waals surface area contributed by atoms with Gasteiger partial charge in [-0.15, -0.1) is 0 Å². The molecule has 0 aliphatic rings. The van der Waals surface area contributed by atoms with Gasteiger partial charge < -0.3 is 9.73 Å². The first kappa shape index (κ1) is 10.9. The van der Waals surface area contributed by atoms with Gasteiger partial charge in [-0.2, -0.15) is 5.10 Å². The minimum absolute atomic E-state index is 0.202. The van der Waals surface area contributed by atoms with E-state index in [1.54, 1.807) is 18.9 Å². The zero-order valence-electron chi connectivity index (χ0n) is 9.50. The quantitative estimate of drug-likeness (QED) is 0.831. The minimum atomic E-state index is 0.202. The summed E-state index contributed by atoms with van der Waals surface area (Å²) in [6.07, 6.45) is 4.95. The molecule has 5 nitrogen and oxygen atoms in total. The van der Waals surface area contributed by atoms with Gasteiger partial charge >= 0.3 is 0 Å². The van der Waals surface area contributed by atoms with Gasteiger partial charge in [0.2, 0.25) is 0 Å². The van der Waals surface area contributed by atoms with Gasteiger partial charge in [-0.3, -0.25) is 4.68 Å². The van der Waals surface area contributed by atoms with Crippen LogP contribution in [0.5, 0.6) is 0 Å². The number of hydrogen-bond donors (Lipinski definition) is 1. The lowest BCUT2D eigenvalue weighted by atomic mass is 10.2. The molecular weight excluding hydrogens is 204 g/mol. The maximum atomic E-state index is 5.33. The fraction of sp³-hybridized carbons (Fsp3) is 0.455.